The van der Waals surface area contributed by atoms with Gasteiger partial charge in [-0.05, 0) is 19.1 Å². The first-order valence-corrected chi connectivity index (χ1v) is 5.55. The SMILES string of the molecule is CCOC(=O)C(=CNc1ccnc(Cl)c1)C(F)(F)F. The number of pyridine rings is 1. The summed E-state index contributed by atoms with van der Waals surface area (Å²) >= 11 is 5.58. The number of rotatable bonds is 4. The lowest BCUT2D eigenvalue weighted by atomic mass is 10.3. The Labute approximate surface area is 112 Å². The fraction of sp³-hybridized carbons (Fsp3) is 0.273. The van der Waals surface area contributed by atoms with E-state index in [9.17, 15) is 18.0 Å². The lowest BCUT2D eigenvalue weighted by Crippen LogP contribution is -2.23. The maximum absolute atomic E-state index is 12.6. The highest BCUT2D eigenvalue weighted by Crippen LogP contribution is 2.26. The Morgan fingerprint density at radius 1 is 1.58 bits per heavy atom. The predicted molar refractivity (Wildman–Crippen MR) is 63.6 cm³/mol. The van der Waals surface area contributed by atoms with Gasteiger partial charge in [0.15, 0.2) is 5.57 Å². The highest BCUT2D eigenvalue weighted by atomic mass is 35.5. The molecule has 0 saturated heterocycles. The minimum absolute atomic E-state index is 0.114. The predicted octanol–water partition coefficient (Wildman–Crippen LogP) is 3.16. The van der Waals surface area contributed by atoms with E-state index < -0.39 is 17.7 Å². The van der Waals surface area contributed by atoms with Gasteiger partial charge >= 0.3 is 12.1 Å². The second kappa shape index (κ2) is 6.42. The average Bonchev–Trinajstić information content (AvgIpc) is 2.27. The van der Waals surface area contributed by atoms with Gasteiger partial charge in [-0.3, -0.25) is 0 Å². The van der Waals surface area contributed by atoms with Crippen molar-refractivity contribution in [2.75, 3.05) is 11.9 Å². The maximum atomic E-state index is 12.6. The number of esters is 1. The van der Waals surface area contributed by atoms with Crippen molar-refractivity contribution in [1.82, 2.24) is 4.98 Å². The minimum Gasteiger partial charge on any atom is -0.462 e. The molecule has 0 aliphatic heterocycles. The number of aromatic nitrogens is 1. The largest absolute Gasteiger partial charge is 0.462 e. The molecular formula is C11H10ClF3N2O2. The summed E-state index contributed by atoms with van der Waals surface area (Å²) in [4.78, 5) is 14.9. The summed E-state index contributed by atoms with van der Waals surface area (Å²) in [6.45, 7) is 1.27. The van der Waals surface area contributed by atoms with Crippen molar-refractivity contribution in [3.8, 4) is 0 Å². The lowest BCUT2D eigenvalue weighted by molar-refractivity contribution is -0.150. The molecule has 0 aromatic carbocycles. The lowest BCUT2D eigenvalue weighted by Gasteiger charge is -2.11. The highest BCUT2D eigenvalue weighted by molar-refractivity contribution is 6.29. The van der Waals surface area contributed by atoms with Gasteiger partial charge in [0.25, 0.3) is 0 Å². The highest BCUT2D eigenvalue weighted by Gasteiger charge is 2.39. The Morgan fingerprint density at radius 3 is 2.79 bits per heavy atom. The van der Waals surface area contributed by atoms with Crippen LogP contribution in [-0.2, 0) is 9.53 Å². The molecule has 0 fully saturated rings. The van der Waals surface area contributed by atoms with E-state index in [2.05, 4.69) is 15.0 Å². The molecule has 0 saturated carbocycles. The molecule has 0 bridgehead atoms. The molecular weight excluding hydrogens is 285 g/mol. The quantitative estimate of drug-likeness (QED) is 0.526. The van der Waals surface area contributed by atoms with E-state index in [0.29, 0.717) is 6.20 Å². The van der Waals surface area contributed by atoms with Gasteiger partial charge in [-0.2, -0.15) is 13.2 Å². The molecule has 1 rings (SSSR count). The van der Waals surface area contributed by atoms with Crippen LogP contribution in [0, 0.1) is 0 Å². The molecule has 1 aromatic rings. The van der Waals surface area contributed by atoms with Gasteiger partial charge in [0.2, 0.25) is 0 Å². The number of nitrogens with zero attached hydrogens (tertiary/aromatic N) is 1. The summed E-state index contributed by atoms with van der Waals surface area (Å²) in [7, 11) is 0. The van der Waals surface area contributed by atoms with Crippen molar-refractivity contribution in [2.45, 2.75) is 13.1 Å². The topological polar surface area (TPSA) is 51.2 Å². The van der Waals surface area contributed by atoms with E-state index in [4.69, 9.17) is 11.6 Å². The molecule has 0 radical (unpaired) electrons. The number of ether oxygens (including phenoxy) is 1. The summed E-state index contributed by atoms with van der Waals surface area (Å²) in [5, 5.41) is 2.44. The summed E-state index contributed by atoms with van der Waals surface area (Å²) in [6.07, 6.45) is -2.96. The summed E-state index contributed by atoms with van der Waals surface area (Å²) < 4.78 is 42.2. The fourth-order valence-corrected chi connectivity index (χ4v) is 1.29. The Hall–Kier alpha value is -1.76. The number of carbonyl (C=O) groups excluding carboxylic acids is 1. The molecule has 0 amide bonds. The van der Waals surface area contributed by atoms with Gasteiger partial charge < -0.3 is 10.1 Å². The number of carbonyl (C=O) groups is 1. The molecule has 0 atom stereocenters. The van der Waals surface area contributed by atoms with Crippen LogP contribution in [0.2, 0.25) is 5.15 Å². The molecule has 0 aliphatic carbocycles. The van der Waals surface area contributed by atoms with Crippen LogP contribution in [0.25, 0.3) is 0 Å². The molecule has 1 heterocycles. The number of alkyl halides is 3. The van der Waals surface area contributed by atoms with Crippen molar-refractivity contribution in [3.05, 3.63) is 35.3 Å². The van der Waals surface area contributed by atoms with Crippen LogP contribution in [0.15, 0.2) is 30.1 Å². The normalized spacial score (nSPS) is 12.2. The second-order valence-electron chi connectivity index (χ2n) is 3.29. The Balaban J connectivity index is 2.92. The molecule has 1 aromatic heterocycles. The van der Waals surface area contributed by atoms with Crippen LogP contribution in [0.5, 0.6) is 0 Å². The second-order valence-corrected chi connectivity index (χ2v) is 3.68. The van der Waals surface area contributed by atoms with Crippen molar-refractivity contribution in [3.63, 3.8) is 0 Å². The van der Waals surface area contributed by atoms with E-state index in [0.717, 1.165) is 0 Å². The molecule has 8 heteroatoms. The Bertz CT molecular complexity index is 489. The molecule has 1 N–H and O–H groups in total. The van der Waals surface area contributed by atoms with Crippen LogP contribution in [0.3, 0.4) is 0 Å². The van der Waals surface area contributed by atoms with Crippen molar-refractivity contribution in [1.29, 1.82) is 0 Å². The van der Waals surface area contributed by atoms with Gasteiger partial charge in [-0.1, -0.05) is 11.6 Å². The van der Waals surface area contributed by atoms with Crippen LogP contribution in [0.1, 0.15) is 6.92 Å². The van der Waals surface area contributed by atoms with Gasteiger partial charge in [0, 0.05) is 18.1 Å². The maximum Gasteiger partial charge on any atom is 0.424 e. The first-order chi connectivity index (χ1) is 8.84. The summed E-state index contributed by atoms with van der Waals surface area (Å²) in [5.41, 5.74) is -1.16. The zero-order valence-corrected chi connectivity index (χ0v) is 10.5. The van der Waals surface area contributed by atoms with Gasteiger partial charge in [0.05, 0.1) is 6.61 Å². The fourth-order valence-electron chi connectivity index (χ4n) is 1.11. The van der Waals surface area contributed by atoms with E-state index in [1.807, 2.05) is 0 Å². The number of hydrogen-bond acceptors (Lipinski definition) is 4. The number of anilines is 1. The van der Waals surface area contributed by atoms with Crippen LogP contribution in [0.4, 0.5) is 18.9 Å². The zero-order chi connectivity index (χ0) is 14.5. The van der Waals surface area contributed by atoms with E-state index in [-0.39, 0.29) is 17.4 Å². The summed E-state index contributed by atoms with van der Waals surface area (Å²) in [6, 6.07) is 2.72. The molecule has 104 valence electrons. The number of nitrogens with one attached hydrogen (secondary N) is 1. The monoisotopic (exact) mass is 294 g/mol. The zero-order valence-electron chi connectivity index (χ0n) is 9.79. The standard InChI is InChI=1S/C11H10ClF3N2O2/c1-2-19-10(18)8(11(13,14)15)6-17-7-3-4-16-9(12)5-7/h3-6H,2H2,1H3,(H,16,17). The van der Waals surface area contributed by atoms with Gasteiger partial charge in [-0.25, -0.2) is 9.78 Å². The van der Waals surface area contributed by atoms with Crippen molar-refractivity contribution in [2.24, 2.45) is 0 Å². The molecule has 0 spiro atoms. The Morgan fingerprint density at radius 2 is 2.26 bits per heavy atom. The Kier molecular flexibility index (Phi) is 5.17. The molecule has 0 aliphatic rings. The average molecular weight is 295 g/mol. The van der Waals surface area contributed by atoms with E-state index in [1.165, 1.54) is 25.3 Å². The first kappa shape index (κ1) is 15.3. The molecule has 19 heavy (non-hydrogen) atoms. The van der Waals surface area contributed by atoms with Crippen molar-refractivity contribution < 1.29 is 22.7 Å². The minimum atomic E-state index is -4.81. The van der Waals surface area contributed by atoms with Gasteiger partial charge in [-0.15, -0.1) is 0 Å². The third-order valence-corrected chi connectivity index (χ3v) is 2.12. The number of hydrogen-bond donors (Lipinski definition) is 1. The third-order valence-electron chi connectivity index (χ3n) is 1.91. The van der Waals surface area contributed by atoms with Crippen LogP contribution in [-0.4, -0.2) is 23.7 Å². The molecule has 4 nitrogen and oxygen atoms in total. The molecule has 0 unspecified atom stereocenters. The first-order valence-electron chi connectivity index (χ1n) is 5.17. The van der Waals surface area contributed by atoms with Crippen LogP contribution >= 0.6 is 11.6 Å². The van der Waals surface area contributed by atoms with E-state index >= 15 is 0 Å². The van der Waals surface area contributed by atoms with E-state index in [1.54, 1.807) is 0 Å². The summed E-state index contributed by atoms with van der Waals surface area (Å²) in [5.74, 6) is -1.44. The van der Waals surface area contributed by atoms with Crippen molar-refractivity contribution >= 4 is 23.3 Å². The number of halogens is 4. The van der Waals surface area contributed by atoms with Gasteiger partial charge in [0.1, 0.15) is 5.15 Å². The third kappa shape index (κ3) is 4.78. The smallest absolute Gasteiger partial charge is 0.424 e. The van der Waals surface area contributed by atoms with Crippen LogP contribution < -0.4 is 5.32 Å².